The normalized spacial score (nSPS) is 10.1. The standard InChI is InChI=1S/C12H13N5S/c1-17(8-9-4-2-3-6-14-9)12-15-7-5-10(16-12)11(13)18/h2-7H,8H2,1H3,(H2,13,18). The van der Waals surface area contributed by atoms with Crippen molar-refractivity contribution in [1.29, 1.82) is 0 Å². The molecule has 0 aliphatic carbocycles. The highest BCUT2D eigenvalue weighted by atomic mass is 32.1. The first-order valence-corrected chi connectivity index (χ1v) is 5.81. The number of aromatic nitrogens is 3. The number of anilines is 1. The summed E-state index contributed by atoms with van der Waals surface area (Å²) in [5.41, 5.74) is 7.07. The van der Waals surface area contributed by atoms with E-state index < -0.39 is 0 Å². The fraction of sp³-hybridized carbons (Fsp3) is 0.167. The molecule has 0 saturated heterocycles. The molecule has 18 heavy (non-hydrogen) atoms. The lowest BCUT2D eigenvalue weighted by Crippen LogP contribution is -2.21. The SMILES string of the molecule is CN(Cc1ccccn1)c1nccc(C(N)=S)n1. The summed E-state index contributed by atoms with van der Waals surface area (Å²) in [4.78, 5) is 14.9. The first-order valence-electron chi connectivity index (χ1n) is 5.40. The van der Waals surface area contributed by atoms with Gasteiger partial charge in [0, 0.05) is 19.4 Å². The smallest absolute Gasteiger partial charge is 0.226 e. The van der Waals surface area contributed by atoms with Crippen molar-refractivity contribution in [2.45, 2.75) is 6.54 Å². The maximum atomic E-state index is 5.55. The first-order chi connectivity index (χ1) is 8.66. The molecule has 5 nitrogen and oxygen atoms in total. The quantitative estimate of drug-likeness (QED) is 0.831. The van der Waals surface area contributed by atoms with Gasteiger partial charge in [-0.2, -0.15) is 0 Å². The largest absolute Gasteiger partial charge is 0.388 e. The molecule has 92 valence electrons. The van der Waals surface area contributed by atoms with Crippen LogP contribution in [0.5, 0.6) is 0 Å². The van der Waals surface area contributed by atoms with Crippen LogP contribution < -0.4 is 10.6 Å². The molecule has 0 radical (unpaired) electrons. The van der Waals surface area contributed by atoms with Gasteiger partial charge < -0.3 is 10.6 Å². The molecule has 0 aliphatic heterocycles. The lowest BCUT2D eigenvalue weighted by molar-refractivity contribution is 0.840. The third-order valence-corrected chi connectivity index (χ3v) is 2.57. The van der Waals surface area contributed by atoms with Crippen molar-refractivity contribution >= 4 is 23.2 Å². The molecule has 0 fully saturated rings. The third-order valence-electron chi connectivity index (χ3n) is 2.36. The summed E-state index contributed by atoms with van der Waals surface area (Å²) in [6.45, 7) is 0.627. The minimum Gasteiger partial charge on any atom is -0.388 e. The molecule has 2 N–H and O–H groups in total. The fourth-order valence-corrected chi connectivity index (χ4v) is 1.59. The van der Waals surface area contributed by atoms with Gasteiger partial charge in [0.15, 0.2) is 0 Å². The Morgan fingerprint density at radius 3 is 2.78 bits per heavy atom. The van der Waals surface area contributed by atoms with Gasteiger partial charge in [-0.3, -0.25) is 4.98 Å². The highest BCUT2D eigenvalue weighted by Crippen LogP contribution is 2.08. The van der Waals surface area contributed by atoms with Crippen LogP contribution >= 0.6 is 12.2 Å². The molecule has 2 aromatic rings. The second-order valence-electron chi connectivity index (χ2n) is 3.78. The number of rotatable bonds is 4. The van der Waals surface area contributed by atoms with Gasteiger partial charge in [0.05, 0.1) is 12.2 Å². The van der Waals surface area contributed by atoms with Crippen molar-refractivity contribution < 1.29 is 0 Å². The Balaban J connectivity index is 2.16. The maximum absolute atomic E-state index is 5.55. The van der Waals surface area contributed by atoms with Gasteiger partial charge in [0.2, 0.25) is 5.95 Å². The number of hydrogen-bond donors (Lipinski definition) is 1. The average Bonchev–Trinajstić information content (AvgIpc) is 2.40. The second-order valence-corrected chi connectivity index (χ2v) is 4.22. The number of nitrogens with zero attached hydrogens (tertiary/aromatic N) is 4. The molecule has 0 aromatic carbocycles. The Morgan fingerprint density at radius 2 is 2.11 bits per heavy atom. The summed E-state index contributed by atoms with van der Waals surface area (Å²) >= 11 is 4.89. The minimum atomic E-state index is 0.268. The molecule has 0 spiro atoms. The summed E-state index contributed by atoms with van der Waals surface area (Å²) in [5, 5.41) is 0. The molecule has 2 heterocycles. The van der Waals surface area contributed by atoms with E-state index in [1.54, 1.807) is 18.5 Å². The van der Waals surface area contributed by atoms with E-state index in [0.717, 1.165) is 5.69 Å². The number of nitrogens with two attached hydrogens (primary N) is 1. The zero-order chi connectivity index (χ0) is 13.0. The Kier molecular flexibility index (Phi) is 3.78. The van der Waals surface area contributed by atoms with E-state index in [1.807, 2.05) is 30.1 Å². The molecule has 2 rings (SSSR count). The topological polar surface area (TPSA) is 67.9 Å². The van der Waals surface area contributed by atoms with Gasteiger partial charge in [0.1, 0.15) is 10.7 Å². The van der Waals surface area contributed by atoms with Crippen LogP contribution in [-0.4, -0.2) is 27.0 Å². The van der Waals surface area contributed by atoms with E-state index in [1.165, 1.54) is 0 Å². The van der Waals surface area contributed by atoms with Crippen LogP contribution in [0, 0.1) is 0 Å². The minimum absolute atomic E-state index is 0.268. The van der Waals surface area contributed by atoms with Crippen LogP contribution in [0.25, 0.3) is 0 Å². The van der Waals surface area contributed by atoms with Crippen molar-refractivity contribution in [3.05, 3.63) is 48.0 Å². The molecule has 0 unspecified atom stereocenters. The predicted octanol–water partition coefficient (Wildman–Crippen LogP) is 1.14. The van der Waals surface area contributed by atoms with Gasteiger partial charge in [-0.25, -0.2) is 9.97 Å². The van der Waals surface area contributed by atoms with Gasteiger partial charge in [0.25, 0.3) is 0 Å². The third kappa shape index (κ3) is 2.98. The van der Waals surface area contributed by atoms with Crippen LogP contribution in [0.1, 0.15) is 11.4 Å². The lowest BCUT2D eigenvalue weighted by Gasteiger charge is -2.16. The monoisotopic (exact) mass is 259 g/mol. The lowest BCUT2D eigenvalue weighted by atomic mass is 10.3. The van der Waals surface area contributed by atoms with E-state index in [9.17, 15) is 0 Å². The van der Waals surface area contributed by atoms with E-state index in [0.29, 0.717) is 18.2 Å². The summed E-state index contributed by atoms with van der Waals surface area (Å²) in [5.74, 6) is 0.575. The zero-order valence-electron chi connectivity index (χ0n) is 9.95. The van der Waals surface area contributed by atoms with Gasteiger partial charge in [-0.05, 0) is 18.2 Å². The number of hydrogen-bond acceptors (Lipinski definition) is 5. The van der Waals surface area contributed by atoms with Gasteiger partial charge >= 0.3 is 0 Å². The van der Waals surface area contributed by atoms with Crippen molar-refractivity contribution in [3.8, 4) is 0 Å². The highest BCUT2D eigenvalue weighted by Gasteiger charge is 2.07. The molecule has 0 bridgehead atoms. The van der Waals surface area contributed by atoms with Crippen LogP contribution in [0.2, 0.25) is 0 Å². The molecular weight excluding hydrogens is 246 g/mol. The molecule has 0 amide bonds. The summed E-state index contributed by atoms with van der Waals surface area (Å²) < 4.78 is 0. The Morgan fingerprint density at radius 1 is 1.28 bits per heavy atom. The molecule has 0 atom stereocenters. The fourth-order valence-electron chi connectivity index (χ4n) is 1.47. The summed E-state index contributed by atoms with van der Waals surface area (Å²) in [6, 6.07) is 7.48. The van der Waals surface area contributed by atoms with Gasteiger partial charge in [-0.1, -0.05) is 18.3 Å². The van der Waals surface area contributed by atoms with Crippen LogP contribution in [0.3, 0.4) is 0 Å². The average molecular weight is 259 g/mol. The van der Waals surface area contributed by atoms with Crippen molar-refractivity contribution in [2.75, 3.05) is 11.9 Å². The van der Waals surface area contributed by atoms with E-state index in [2.05, 4.69) is 15.0 Å². The molecular formula is C12H13N5S. The van der Waals surface area contributed by atoms with Gasteiger partial charge in [-0.15, -0.1) is 0 Å². The van der Waals surface area contributed by atoms with Crippen molar-refractivity contribution in [3.63, 3.8) is 0 Å². The molecule has 6 heteroatoms. The summed E-state index contributed by atoms with van der Waals surface area (Å²) in [7, 11) is 1.90. The second kappa shape index (κ2) is 5.50. The van der Waals surface area contributed by atoms with Crippen LogP contribution in [-0.2, 0) is 6.54 Å². The predicted molar refractivity (Wildman–Crippen MR) is 74.3 cm³/mol. The molecule has 0 saturated carbocycles. The van der Waals surface area contributed by atoms with E-state index in [-0.39, 0.29) is 4.99 Å². The van der Waals surface area contributed by atoms with E-state index in [4.69, 9.17) is 18.0 Å². The zero-order valence-corrected chi connectivity index (χ0v) is 10.8. The van der Waals surface area contributed by atoms with E-state index >= 15 is 0 Å². The first kappa shape index (κ1) is 12.4. The Labute approximate surface area is 111 Å². The Hall–Kier alpha value is -2.08. The highest BCUT2D eigenvalue weighted by molar-refractivity contribution is 7.80. The molecule has 2 aromatic heterocycles. The van der Waals surface area contributed by atoms with Crippen LogP contribution in [0.4, 0.5) is 5.95 Å². The van der Waals surface area contributed by atoms with Crippen molar-refractivity contribution in [2.24, 2.45) is 5.73 Å². The Bertz CT molecular complexity index is 543. The number of pyridine rings is 1. The maximum Gasteiger partial charge on any atom is 0.226 e. The molecule has 0 aliphatic rings. The van der Waals surface area contributed by atoms with Crippen LogP contribution in [0.15, 0.2) is 36.7 Å². The van der Waals surface area contributed by atoms with Crippen molar-refractivity contribution in [1.82, 2.24) is 15.0 Å². The summed E-state index contributed by atoms with van der Waals surface area (Å²) in [6.07, 6.45) is 3.40. The number of thiocarbonyl (C=S) groups is 1.